The van der Waals surface area contributed by atoms with Crippen LogP contribution in [0.4, 0.5) is 5.82 Å². The van der Waals surface area contributed by atoms with Crippen LogP contribution in [0.5, 0.6) is 11.5 Å². The molecule has 9 heteroatoms. The van der Waals surface area contributed by atoms with Crippen molar-refractivity contribution in [2.45, 2.75) is 0 Å². The highest BCUT2D eigenvalue weighted by Crippen LogP contribution is 2.36. The Hall–Kier alpha value is -4.53. The summed E-state index contributed by atoms with van der Waals surface area (Å²) in [5, 5.41) is 5.32. The van der Waals surface area contributed by atoms with Gasteiger partial charge >= 0.3 is 0 Å². The second kappa shape index (κ2) is 8.78. The molecular formula is C25H23N7O2. The number of methoxy groups -OCH3 is 2. The monoisotopic (exact) mass is 453 g/mol. The number of aromatic nitrogens is 6. The molecule has 0 unspecified atom stereocenters. The summed E-state index contributed by atoms with van der Waals surface area (Å²) in [6.07, 6.45) is 9.00. The molecular weight excluding hydrogens is 430 g/mol. The average Bonchev–Trinajstić information content (AvgIpc) is 3.38. The van der Waals surface area contributed by atoms with Gasteiger partial charge in [-0.05, 0) is 24.3 Å². The van der Waals surface area contributed by atoms with Crippen molar-refractivity contribution in [3.63, 3.8) is 0 Å². The van der Waals surface area contributed by atoms with E-state index in [1.54, 1.807) is 37.5 Å². The third-order valence-electron chi connectivity index (χ3n) is 5.45. The quantitative estimate of drug-likeness (QED) is 0.381. The molecule has 0 aliphatic carbocycles. The van der Waals surface area contributed by atoms with Crippen molar-refractivity contribution in [1.82, 2.24) is 29.7 Å². The minimum atomic E-state index is 0.432. The van der Waals surface area contributed by atoms with Gasteiger partial charge in [0, 0.05) is 67.0 Å². The summed E-state index contributed by atoms with van der Waals surface area (Å²) in [5.41, 5.74) is 4.16. The first-order valence-electron chi connectivity index (χ1n) is 10.6. The molecule has 0 atom stereocenters. The Morgan fingerprint density at radius 1 is 0.853 bits per heavy atom. The number of fused-ring (bicyclic) bond motifs is 1. The van der Waals surface area contributed by atoms with Gasteiger partial charge in [-0.15, -0.1) is 0 Å². The van der Waals surface area contributed by atoms with Crippen molar-refractivity contribution >= 4 is 16.7 Å². The van der Waals surface area contributed by atoms with Crippen LogP contribution < -0.4 is 14.4 Å². The van der Waals surface area contributed by atoms with Crippen molar-refractivity contribution < 1.29 is 9.47 Å². The lowest BCUT2D eigenvalue weighted by molar-refractivity contribution is 0.356. The standard InChI is InChI=1S/C25H23N7O2/c1-31(2)23-8-7-17(13-27-23)24-19-10-21(33-3)22(34-4)11-20(19)29-25(30-24)32-15-18(14-28-32)16-6-5-9-26-12-16/h5-15H,1-4H3. The fraction of sp³-hybridized carbons (Fsp3) is 0.160. The van der Waals surface area contributed by atoms with Crippen LogP contribution in [0.2, 0.25) is 0 Å². The van der Waals surface area contributed by atoms with Gasteiger partial charge in [-0.1, -0.05) is 6.07 Å². The summed E-state index contributed by atoms with van der Waals surface area (Å²) in [7, 11) is 7.11. The van der Waals surface area contributed by atoms with E-state index in [0.29, 0.717) is 23.0 Å². The van der Waals surface area contributed by atoms with Crippen LogP contribution in [0, 0.1) is 0 Å². The SMILES string of the molecule is COc1cc2nc(-n3cc(-c4cccnc4)cn3)nc(-c3ccc(N(C)C)nc3)c2cc1OC. The Morgan fingerprint density at radius 3 is 2.35 bits per heavy atom. The molecule has 0 bridgehead atoms. The molecule has 4 aromatic heterocycles. The van der Waals surface area contributed by atoms with E-state index in [1.165, 1.54) is 0 Å². The molecule has 0 N–H and O–H groups in total. The Balaban J connectivity index is 1.70. The highest BCUT2D eigenvalue weighted by molar-refractivity contribution is 5.95. The molecule has 4 heterocycles. The van der Waals surface area contributed by atoms with Gasteiger partial charge in [-0.25, -0.2) is 19.6 Å². The number of ether oxygens (including phenoxy) is 2. The van der Waals surface area contributed by atoms with Gasteiger partial charge in [-0.2, -0.15) is 5.10 Å². The Morgan fingerprint density at radius 2 is 1.68 bits per heavy atom. The number of hydrogen-bond donors (Lipinski definition) is 0. The van der Waals surface area contributed by atoms with Crippen molar-refractivity contribution in [2.75, 3.05) is 33.2 Å². The lowest BCUT2D eigenvalue weighted by atomic mass is 10.1. The van der Waals surface area contributed by atoms with Gasteiger partial charge in [0.1, 0.15) is 5.82 Å². The summed E-state index contributed by atoms with van der Waals surface area (Å²) < 4.78 is 12.7. The topological polar surface area (TPSA) is 91.1 Å². The van der Waals surface area contributed by atoms with Gasteiger partial charge in [0.15, 0.2) is 11.5 Å². The van der Waals surface area contributed by atoms with Crippen LogP contribution in [0.15, 0.2) is 67.4 Å². The molecule has 0 fully saturated rings. The van der Waals surface area contributed by atoms with E-state index in [9.17, 15) is 0 Å². The van der Waals surface area contributed by atoms with E-state index in [-0.39, 0.29) is 0 Å². The Kier molecular flexibility index (Phi) is 5.51. The fourth-order valence-electron chi connectivity index (χ4n) is 3.67. The van der Waals surface area contributed by atoms with Crippen LogP contribution >= 0.6 is 0 Å². The van der Waals surface area contributed by atoms with Crippen LogP contribution in [0.3, 0.4) is 0 Å². The van der Waals surface area contributed by atoms with Crippen molar-refractivity contribution in [3.05, 3.63) is 67.4 Å². The molecule has 170 valence electrons. The minimum absolute atomic E-state index is 0.432. The molecule has 9 nitrogen and oxygen atoms in total. The number of hydrogen-bond acceptors (Lipinski definition) is 8. The smallest absolute Gasteiger partial charge is 0.251 e. The molecule has 5 rings (SSSR count). The maximum Gasteiger partial charge on any atom is 0.251 e. The second-order valence-corrected chi connectivity index (χ2v) is 7.81. The minimum Gasteiger partial charge on any atom is -0.493 e. The molecule has 5 aromatic rings. The summed E-state index contributed by atoms with van der Waals surface area (Å²) in [4.78, 5) is 20.4. The zero-order chi connectivity index (χ0) is 23.7. The van der Waals surface area contributed by atoms with E-state index in [0.717, 1.165) is 33.6 Å². The van der Waals surface area contributed by atoms with E-state index < -0.39 is 0 Å². The number of rotatable bonds is 6. The average molecular weight is 454 g/mol. The normalized spacial score (nSPS) is 10.9. The Labute approximate surface area is 196 Å². The largest absolute Gasteiger partial charge is 0.493 e. The predicted molar refractivity (Wildman–Crippen MR) is 131 cm³/mol. The first-order chi connectivity index (χ1) is 16.6. The van der Waals surface area contributed by atoms with Gasteiger partial charge in [-0.3, -0.25) is 4.98 Å². The van der Waals surface area contributed by atoms with Crippen LogP contribution in [0.1, 0.15) is 0 Å². The molecule has 0 saturated heterocycles. The summed E-state index contributed by atoms with van der Waals surface area (Å²) in [5.74, 6) is 2.47. The zero-order valence-electron chi connectivity index (χ0n) is 19.3. The molecule has 34 heavy (non-hydrogen) atoms. The fourth-order valence-corrected chi connectivity index (χ4v) is 3.67. The maximum atomic E-state index is 5.53. The van der Waals surface area contributed by atoms with Crippen LogP contribution in [0.25, 0.3) is 39.2 Å². The molecule has 0 aliphatic heterocycles. The second-order valence-electron chi connectivity index (χ2n) is 7.81. The summed E-state index contributed by atoms with van der Waals surface area (Å²) in [6.45, 7) is 0. The van der Waals surface area contributed by atoms with Crippen molar-refractivity contribution in [1.29, 1.82) is 0 Å². The Bertz CT molecular complexity index is 1450. The van der Waals surface area contributed by atoms with E-state index in [4.69, 9.17) is 19.4 Å². The van der Waals surface area contributed by atoms with Gasteiger partial charge in [0.2, 0.25) is 0 Å². The highest BCUT2D eigenvalue weighted by Gasteiger charge is 2.17. The highest BCUT2D eigenvalue weighted by atomic mass is 16.5. The summed E-state index contributed by atoms with van der Waals surface area (Å²) >= 11 is 0. The molecule has 0 aliphatic rings. The van der Waals surface area contributed by atoms with Gasteiger partial charge < -0.3 is 14.4 Å². The number of benzene rings is 1. The van der Waals surface area contributed by atoms with Crippen molar-refractivity contribution in [3.8, 4) is 39.8 Å². The van der Waals surface area contributed by atoms with Gasteiger partial charge in [0.25, 0.3) is 5.95 Å². The number of pyridine rings is 2. The third kappa shape index (κ3) is 3.88. The number of anilines is 1. The number of nitrogens with zero attached hydrogens (tertiary/aromatic N) is 7. The van der Waals surface area contributed by atoms with E-state index in [2.05, 4.69) is 15.1 Å². The first kappa shape index (κ1) is 21.3. The summed E-state index contributed by atoms with van der Waals surface area (Å²) in [6, 6.07) is 11.6. The molecule has 1 aromatic carbocycles. The zero-order valence-corrected chi connectivity index (χ0v) is 19.3. The van der Waals surface area contributed by atoms with Crippen LogP contribution in [-0.4, -0.2) is 58.0 Å². The molecule has 0 spiro atoms. The van der Waals surface area contributed by atoms with Gasteiger partial charge in [0.05, 0.1) is 31.6 Å². The molecule has 0 radical (unpaired) electrons. The van der Waals surface area contributed by atoms with Crippen LogP contribution in [-0.2, 0) is 0 Å². The molecule has 0 amide bonds. The predicted octanol–water partition coefficient (Wildman–Crippen LogP) is 4.02. The van der Waals surface area contributed by atoms with E-state index >= 15 is 0 Å². The lowest BCUT2D eigenvalue weighted by Crippen LogP contribution is -2.10. The van der Waals surface area contributed by atoms with E-state index in [1.807, 2.05) is 67.8 Å². The van der Waals surface area contributed by atoms with Crippen molar-refractivity contribution in [2.24, 2.45) is 0 Å². The lowest BCUT2D eigenvalue weighted by Gasteiger charge is -2.14. The maximum absolute atomic E-state index is 5.53. The third-order valence-corrected chi connectivity index (χ3v) is 5.45. The first-order valence-corrected chi connectivity index (χ1v) is 10.6. The molecule has 0 saturated carbocycles.